The summed E-state index contributed by atoms with van der Waals surface area (Å²) in [6, 6.07) is 20.4. The average molecular weight is 449 g/mol. The highest BCUT2D eigenvalue weighted by atomic mass is 32.2. The van der Waals surface area contributed by atoms with Crippen LogP contribution in [0.15, 0.2) is 73.1 Å². The summed E-state index contributed by atoms with van der Waals surface area (Å²) in [5.74, 6) is 3.10. The monoisotopic (exact) mass is 448 g/mol. The number of hydrogen-bond donors (Lipinski definition) is 1. The second kappa shape index (κ2) is 10.6. The summed E-state index contributed by atoms with van der Waals surface area (Å²) < 4.78 is 31.4. The Morgan fingerprint density at radius 1 is 1.09 bits per heavy atom. The molecule has 7 heteroatoms. The maximum Gasteiger partial charge on any atom is 0.262 e. The van der Waals surface area contributed by atoms with E-state index in [2.05, 4.69) is 22.3 Å². The minimum absolute atomic E-state index is 0.0140. The maximum absolute atomic E-state index is 12.9. The van der Waals surface area contributed by atoms with Crippen molar-refractivity contribution in [2.75, 3.05) is 12.9 Å². The van der Waals surface area contributed by atoms with E-state index in [1.165, 1.54) is 19.5 Å². The Kier molecular flexibility index (Phi) is 7.63. The molecular weight excluding hydrogens is 424 g/mol. The number of ether oxygens (including phenoxy) is 1. The molecule has 164 valence electrons. The van der Waals surface area contributed by atoms with E-state index in [0.717, 1.165) is 5.56 Å². The Bertz CT molecular complexity index is 1230. The molecule has 1 atom stereocenters. The van der Waals surface area contributed by atoms with Crippen LogP contribution in [0.1, 0.15) is 39.2 Å². The van der Waals surface area contributed by atoms with Gasteiger partial charge in [0.25, 0.3) is 5.91 Å². The van der Waals surface area contributed by atoms with Crippen LogP contribution in [0.5, 0.6) is 5.75 Å². The number of nitrogens with zero attached hydrogens (tertiary/aromatic N) is 1. The molecule has 0 saturated carbocycles. The molecule has 2 aromatic carbocycles. The molecule has 0 aliphatic rings. The summed E-state index contributed by atoms with van der Waals surface area (Å²) in [6.45, 7) is 1.64. The lowest BCUT2D eigenvalue weighted by Crippen LogP contribution is -2.18. The summed E-state index contributed by atoms with van der Waals surface area (Å²) in [6.07, 6.45) is 3.44. The molecule has 0 fully saturated rings. The first-order valence-electron chi connectivity index (χ1n) is 10.1. The molecule has 1 unspecified atom stereocenters. The van der Waals surface area contributed by atoms with Gasteiger partial charge in [-0.1, -0.05) is 55.3 Å². The quantitative estimate of drug-likeness (QED) is 0.441. The third kappa shape index (κ3) is 5.54. The Labute approximate surface area is 188 Å². The first kappa shape index (κ1) is 23.0. The molecule has 0 spiro atoms. The topological polar surface area (TPSA) is 85.4 Å². The maximum atomic E-state index is 12.9. The molecule has 0 aliphatic carbocycles. The van der Waals surface area contributed by atoms with Crippen molar-refractivity contribution in [3.8, 4) is 17.7 Å². The molecule has 3 rings (SSSR count). The lowest BCUT2D eigenvalue weighted by atomic mass is 10.0. The number of pyridine rings is 1. The van der Waals surface area contributed by atoms with Crippen molar-refractivity contribution in [3.05, 3.63) is 95.3 Å². The molecule has 0 radical (unpaired) electrons. The van der Waals surface area contributed by atoms with Gasteiger partial charge >= 0.3 is 0 Å². The minimum Gasteiger partial charge on any atom is -0.496 e. The summed E-state index contributed by atoms with van der Waals surface area (Å²) in [4.78, 5) is 15.9. The smallest absolute Gasteiger partial charge is 0.262 e. The highest BCUT2D eigenvalue weighted by Crippen LogP contribution is 2.37. The molecule has 0 bridgehead atoms. The van der Waals surface area contributed by atoms with Gasteiger partial charge in [0, 0.05) is 41.7 Å². The van der Waals surface area contributed by atoms with Crippen molar-refractivity contribution in [1.82, 2.24) is 10.3 Å². The summed E-state index contributed by atoms with van der Waals surface area (Å²) in [5, 5.41) is 1.72. The number of carbonyl (C=O) groups is 1. The first-order chi connectivity index (χ1) is 15.5. The Hall–Kier alpha value is -3.63. The number of nitrogens with one attached hydrogen (secondary N) is 1. The van der Waals surface area contributed by atoms with Crippen LogP contribution >= 0.6 is 0 Å². The highest BCUT2D eigenvalue weighted by Gasteiger charge is 2.30. The van der Waals surface area contributed by atoms with Crippen molar-refractivity contribution in [3.63, 3.8) is 0 Å². The number of sulfone groups is 1. The first-order valence-corrected chi connectivity index (χ1v) is 11.8. The molecule has 0 aliphatic heterocycles. The van der Waals surface area contributed by atoms with E-state index in [1.54, 1.807) is 31.2 Å². The van der Waals surface area contributed by atoms with Gasteiger partial charge in [0.05, 0.1) is 7.11 Å². The van der Waals surface area contributed by atoms with Crippen LogP contribution in [0.2, 0.25) is 0 Å². The molecule has 3 aromatic rings. The van der Waals surface area contributed by atoms with E-state index >= 15 is 0 Å². The SMILES string of the molecule is CCS(=O)(=O)C(c1ccccc1)c1ccc(CC#CNC(=O)c2ccncc2)cc1OC. The lowest BCUT2D eigenvalue weighted by molar-refractivity contribution is 0.0973. The van der Waals surface area contributed by atoms with E-state index in [-0.39, 0.29) is 11.7 Å². The summed E-state index contributed by atoms with van der Waals surface area (Å²) in [5.41, 5.74) is 2.60. The number of rotatable bonds is 7. The Balaban J connectivity index is 1.82. The second-order valence-electron chi connectivity index (χ2n) is 6.99. The molecule has 1 heterocycles. The van der Waals surface area contributed by atoms with Crippen LogP contribution in [-0.2, 0) is 16.3 Å². The van der Waals surface area contributed by atoms with Crippen LogP contribution in [0.25, 0.3) is 0 Å². The molecule has 6 nitrogen and oxygen atoms in total. The standard InChI is InChI=1S/C25H24N2O4S/c1-3-32(29,30)24(20-9-5-4-6-10-20)22-12-11-19(18-23(22)31-2)8-7-15-27-25(28)21-13-16-26-17-14-21/h4-6,9-14,16-18,24H,3,8H2,1-2H3,(H,27,28). The van der Waals surface area contributed by atoms with Crippen molar-refractivity contribution >= 4 is 15.7 Å². The summed E-state index contributed by atoms with van der Waals surface area (Å²) in [7, 11) is -1.91. The molecule has 0 saturated heterocycles. The third-order valence-corrected chi connectivity index (χ3v) is 6.99. The van der Waals surface area contributed by atoms with Gasteiger partial charge in [-0.25, -0.2) is 8.42 Å². The lowest BCUT2D eigenvalue weighted by Gasteiger charge is -2.21. The van der Waals surface area contributed by atoms with Crippen LogP contribution in [0.3, 0.4) is 0 Å². The number of benzene rings is 2. The van der Waals surface area contributed by atoms with Gasteiger partial charge in [-0.05, 0) is 29.3 Å². The van der Waals surface area contributed by atoms with E-state index in [0.29, 0.717) is 28.9 Å². The molecule has 1 N–H and O–H groups in total. The van der Waals surface area contributed by atoms with E-state index in [9.17, 15) is 13.2 Å². The number of carbonyl (C=O) groups excluding carboxylic acids is 1. The van der Waals surface area contributed by atoms with Gasteiger partial charge in [0.15, 0.2) is 9.84 Å². The average Bonchev–Trinajstić information content (AvgIpc) is 2.83. The highest BCUT2D eigenvalue weighted by molar-refractivity contribution is 7.91. The zero-order chi connectivity index (χ0) is 23.0. The van der Waals surface area contributed by atoms with Crippen LogP contribution < -0.4 is 10.1 Å². The minimum atomic E-state index is -3.43. The fourth-order valence-corrected chi connectivity index (χ4v) is 4.77. The summed E-state index contributed by atoms with van der Waals surface area (Å²) >= 11 is 0. The van der Waals surface area contributed by atoms with Crippen LogP contribution in [0, 0.1) is 12.0 Å². The Morgan fingerprint density at radius 3 is 2.47 bits per heavy atom. The molecular formula is C25H24N2O4S. The third-order valence-electron chi connectivity index (χ3n) is 4.94. The Morgan fingerprint density at radius 2 is 1.81 bits per heavy atom. The van der Waals surface area contributed by atoms with Crippen molar-refractivity contribution in [2.24, 2.45) is 0 Å². The van der Waals surface area contributed by atoms with E-state index < -0.39 is 15.1 Å². The van der Waals surface area contributed by atoms with Gasteiger partial charge in [-0.15, -0.1) is 0 Å². The number of methoxy groups -OCH3 is 1. The number of aromatic nitrogens is 1. The van der Waals surface area contributed by atoms with Gasteiger partial charge in [-0.3, -0.25) is 15.1 Å². The fraction of sp³-hybridized carbons (Fsp3) is 0.200. The van der Waals surface area contributed by atoms with E-state index in [1.807, 2.05) is 36.4 Å². The fourth-order valence-electron chi connectivity index (χ4n) is 3.28. The zero-order valence-corrected chi connectivity index (χ0v) is 18.7. The van der Waals surface area contributed by atoms with Crippen molar-refractivity contribution in [2.45, 2.75) is 18.6 Å². The number of amides is 1. The van der Waals surface area contributed by atoms with Crippen LogP contribution in [0.4, 0.5) is 0 Å². The van der Waals surface area contributed by atoms with Crippen LogP contribution in [-0.4, -0.2) is 32.2 Å². The van der Waals surface area contributed by atoms with Gasteiger partial charge in [-0.2, -0.15) is 0 Å². The molecule has 1 aromatic heterocycles. The predicted molar refractivity (Wildman–Crippen MR) is 124 cm³/mol. The van der Waals surface area contributed by atoms with Gasteiger partial charge in [0.1, 0.15) is 11.0 Å². The van der Waals surface area contributed by atoms with Gasteiger partial charge in [0.2, 0.25) is 0 Å². The predicted octanol–water partition coefficient (Wildman–Crippen LogP) is 3.55. The van der Waals surface area contributed by atoms with Crippen molar-refractivity contribution < 1.29 is 17.9 Å². The van der Waals surface area contributed by atoms with E-state index in [4.69, 9.17) is 4.74 Å². The second-order valence-corrected chi connectivity index (χ2v) is 9.36. The zero-order valence-electron chi connectivity index (χ0n) is 17.9. The number of hydrogen-bond acceptors (Lipinski definition) is 5. The van der Waals surface area contributed by atoms with Gasteiger partial charge < -0.3 is 4.74 Å². The normalized spacial score (nSPS) is 11.7. The largest absolute Gasteiger partial charge is 0.496 e. The molecule has 32 heavy (non-hydrogen) atoms. The molecule has 1 amide bonds. The van der Waals surface area contributed by atoms with Crippen molar-refractivity contribution in [1.29, 1.82) is 0 Å².